The van der Waals surface area contributed by atoms with Crippen molar-refractivity contribution >= 4 is 11.8 Å². The summed E-state index contributed by atoms with van der Waals surface area (Å²) in [5.74, 6) is 0.287. The molecule has 0 aliphatic carbocycles. The van der Waals surface area contributed by atoms with Crippen molar-refractivity contribution in [3.05, 3.63) is 65.7 Å². The number of likely N-dealkylation sites (N-methyl/N-ethyl adjacent to an activating group) is 1. The van der Waals surface area contributed by atoms with Crippen LogP contribution in [0, 0.1) is 6.92 Å². The number of benzene rings is 2. The van der Waals surface area contributed by atoms with E-state index < -0.39 is 6.04 Å². The molecule has 1 atom stereocenters. The monoisotopic (exact) mass is 368 g/mol. The van der Waals surface area contributed by atoms with E-state index in [4.69, 9.17) is 4.74 Å². The normalized spacial score (nSPS) is 11.5. The number of aryl methyl sites for hydroxylation is 1. The molecule has 0 radical (unpaired) electrons. The fourth-order valence-electron chi connectivity index (χ4n) is 2.93. The summed E-state index contributed by atoms with van der Waals surface area (Å²) in [6.07, 6.45) is 0.536. The first kappa shape index (κ1) is 20.5. The van der Waals surface area contributed by atoms with E-state index in [-0.39, 0.29) is 18.4 Å². The van der Waals surface area contributed by atoms with Gasteiger partial charge in [-0.25, -0.2) is 0 Å². The van der Waals surface area contributed by atoms with Gasteiger partial charge in [0.25, 0.3) is 5.91 Å². The zero-order valence-corrected chi connectivity index (χ0v) is 16.3. The highest BCUT2D eigenvalue weighted by atomic mass is 16.5. The topological polar surface area (TPSA) is 58.6 Å². The van der Waals surface area contributed by atoms with Gasteiger partial charge in [0.2, 0.25) is 5.91 Å². The van der Waals surface area contributed by atoms with Crippen LogP contribution in [0.1, 0.15) is 31.4 Å². The lowest BCUT2D eigenvalue weighted by Crippen LogP contribution is -2.50. The Balaban J connectivity index is 2.20. The Morgan fingerprint density at radius 1 is 1.04 bits per heavy atom. The number of nitrogens with one attached hydrogen (secondary N) is 1. The van der Waals surface area contributed by atoms with Crippen LogP contribution >= 0.6 is 0 Å². The molecule has 2 aromatic rings. The first-order chi connectivity index (χ1) is 13.1. The molecular formula is C22H28N2O3. The number of hydrogen-bond acceptors (Lipinski definition) is 3. The number of rotatable bonds is 9. The highest BCUT2D eigenvalue weighted by molar-refractivity contribution is 5.88. The van der Waals surface area contributed by atoms with Gasteiger partial charge in [0.15, 0.2) is 6.61 Å². The lowest BCUT2D eigenvalue weighted by atomic mass is 10.1. The molecule has 0 fully saturated rings. The molecule has 0 aliphatic heterocycles. The van der Waals surface area contributed by atoms with Gasteiger partial charge in [0, 0.05) is 13.1 Å². The van der Waals surface area contributed by atoms with Gasteiger partial charge in [-0.15, -0.1) is 0 Å². The fraction of sp³-hybridized carbons (Fsp3) is 0.364. The van der Waals surface area contributed by atoms with Crippen molar-refractivity contribution in [3.63, 3.8) is 0 Å². The van der Waals surface area contributed by atoms with E-state index in [0.717, 1.165) is 11.1 Å². The Morgan fingerprint density at radius 3 is 2.33 bits per heavy atom. The zero-order valence-electron chi connectivity index (χ0n) is 16.3. The predicted molar refractivity (Wildman–Crippen MR) is 106 cm³/mol. The molecule has 0 aliphatic rings. The molecule has 144 valence electrons. The minimum atomic E-state index is -0.531. The van der Waals surface area contributed by atoms with E-state index in [1.165, 1.54) is 0 Å². The molecule has 0 saturated heterocycles. The Kier molecular flexibility index (Phi) is 7.86. The molecule has 0 bridgehead atoms. The van der Waals surface area contributed by atoms with Gasteiger partial charge in [-0.3, -0.25) is 9.59 Å². The highest BCUT2D eigenvalue weighted by Crippen LogP contribution is 2.16. The van der Waals surface area contributed by atoms with Gasteiger partial charge in [-0.05, 0) is 43.5 Å². The maximum Gasteiger partial charge on any atom is 0.261 e. The Bertz CT molecular complexity index is 746. The third-order valence-electron chi connectivity index (χ3n) is 4.44. The van der Waals surface area contributed by atoms with Crippen LogP contribution in [0.3, 0.4) is 0 Å². The minimum absolute atomic E-state index is 0.105. The third-order valence-corrected chi connectivity index (χ3v) is 4.44. The average Bonchev–Trinajstić information content (AvgIpc) is 2.68. The van der Waals surface area contributed by atoms with Crippen molar-refractivity contribution < 1.29 is 14.3 Å². The van der Waals surface area contributed by atoms with Gasteiger partial charge in [-0.1, -0.05) is 49.4 Å². The first-order valence-corrected chi connectivity index (χ1v) is 9.36. The number of para-hydroxylation sites is 1. The largest absolute Gasteiger partial charge is 0.484 e. The SMILES string of the molecule is CCNC(=O)[C@H](CC)N(Cc1ccccc1C)C(=O)COc1ccccc1. The number of carbonyl (C=O) groups excluding carboxylic acids is 2. The minimum Gasteiger partial charge on any atom is -0.484 e. The van der Waals surface area contributed by atoms with Crippen molar-refractivity contribution in [1.82, 2.24) is 10.2 Å². The lowest BCUT2D eigenvalue weighted by Gasteiger charge is -2.31. The number of nitrogens with zero attached hydrogens (tertiary/aromatic N) is 1. The summed E-state index contributed by atoms with van der Waals surface area (Å²) in [6.45, 7) is 6.59. The van der Waals surface area contributed by atoms with Crippen LogP contribution in [-0.2, 0) is 16.1 Å². The van der Waals surface area contributed by atoms with Gasteiger partial charge < -0.3 is 15.0 Å². The van der Waals surface area contributed by atoms with E-state index in [9.17, 15) is 9.59 Å². The van der Waals surface area contributed by atoms with Gasteiger partial charge in [-0.2, -0.15) is 0 Å². The molecule has 2 amide bonds. The summed E-state index contributed by atoms with van der Waals surface area (Å²) in [5.41, 5.74) is 2.11. The van der Waals surface area contributed by atoms with Crippen molar-refractivity contribution in [3.8, 4) is 5.75 Å². The lowest BCUT2D eigenvalue weighted by molar-refractivity contribution is -0.142. The summed E-state index contributed by atoms with van der Waals surface area (Å²) >= 11 is 0. The van der Waals surface area contributed by atoms with Crippen LogP contribution in [0.4, 0.5) is 0 Å². The average molecular weight is 368 g/mol. The number of hydrogen-bond donors (Lipinski definition) is 1. The molecule has 5 nitrogen and oxygen atoms in total. The molecule has 2 aromatic carbocycles. The molecule has 0 aromatic heterocycles. The van der Waals surface area contributed by atoms with E-state index >= 15 is 0 Å². The van der Waals surface area contributed by atoms with E-state index in [0.29, 0.717) is 25.3 Å². The Hall–Kier alpha value is -2.82. The molecule has 2 rings (SSSR count). The van der Waals surface area contributed by atoms with Crippen molar-refractivity contribution in [1.29, 1.82) is 0 Å². The smallest absolute Gasteiger partial charge is 0.261 e. The van der Waals surface area contributed by atoms with Crippen LogP contribution in [0.2, 0.25) is 0 Å². The number of carbonyl (C=O) groups is 2. The maximum absolute atomic E-state index is 13.0. The van der Waals surface area contributed by atoms with Crippen LogP contribution in [0.25, 0.3) is 0 Å². The molecule has 0 saturated carbocycles. The van der Waals surface area contributed by atoms with E-state index in [1.54, 1.807) is 17.0 Å². The Morgan fingerprint density at radius 2 is 1.70 bits per heavy atom. The second-order valence-electron chi connectivity index (χ2n) is 6.37. The second kappa shape index (κ2) is 10.4. The Labute approximate surface area is 161 Å². The van der Waals surface area contributed by atoms with E-state index in [2.05, 4.69) is 5.32 Å². The van der Waals surface area contributed by atoms with Crippen LogP contribution < -0.4 is 10.1 Å². The summed E-state index contributed by atoms with van der Waals surface area (Å²) in [6, 6.07) is 16.6. The van der Waals surface area contributed by atoms with Crippen molar-refractivity contribution in [2.45, 2.75) is 39.8 Å². The fourth-order valence-corrected chi connectivity index (χ4v) is 2.93. The molecule has 0 unspecified atom stereocenters. The van der Waals surface area contributed by atoms with Gasteiger partial charge in [0.1, 0.15) is 11.8 Å². The molecule has 0 heterocycles. The molecular weight excluding hydrogens is 340 g/mol. The zero-order chi connectivity index (χ0) is 19.6. The quantitative estimate of drug-likeness (QED) is 0.739. The summed E-state index contributed by atoms with van der Waals surface area (Å²) in [5, 5.41) is 2.83. The standard InChI is InChI=1S/C22H28N2O3/c1-4-20(22(26)23-5-2)24(15-18-12-10-9-11-17(18)3)21(25)16-27-19-13-7-6-8-14-19/h6-14,20H,4-5,15-16H2,1-3H3,(H,23,26)/t20-/m0/s1. The summed E-state index contributed by atoms with van der Waals surface area (Å²) in [7, 11) is 0. The summed E-state index contributed by atoms with van der Waals surface area (Å²) in [4.78, 5) is 27.1. The molecule has 5 heteroatoms. The maximum atomic E-state index is 13.0. The van der Waals surface area contributed by atoms with E-state index in [1.807, 2.05) is 63.2 Å². The number of ether oxygens (including phenoxy) is 1. The first-order valence-electron chi connectivity index (χ1n) is 9.36. The number of amides is 2. The van der Waals surface area contributed by atoms with Crippen LogP contribution in [0.15, 0.2) is 54.6 Å². The molecule has 27 heavy (non-hydrogen) atoms. The molecule has 1 N–H and O–H groups in total. The predicted octanol–water partition coefficient (Wildman–Crippen LogP) is 3.32. The van der Waals surface area contributed by atoms with Gasteiger partial charge in [0.05, 0.1) is 0 Å². The highest BCUT2D eigenvalue weighted by Gasteiger charge is 2.28. The third kappa shape index (κ3) is 5.84. The van der Waals surface area contributed by atoms with Crippen LogP contribution in [0.5, 0.6) is 5.75 Å². The van der Waals surface area contributed by atoms with Crippen molar-refractivity contribution in [2.24, 2.45) is 0 Å². The van der Waals surface area contributed by atoms with Gasteiger partial charge >= 0.3 is 0 Å². The summed E-state index contributed by atoms with van der Waals surface area (Å²) < 4.78 is 5.63. The van der Waals surface area contributed by atoms with Crippen molar-refractivity contribution in [2.75, 3.05) is 13.2 Å². The second-order valence-corrected chi connectivity index (χ2v) is 6.37. The molecule has 0 spiro atoms. The van der Waals surface area contributed by atoms with Crippen LogP contribution in [-0.4, -0.2) is 35.9 Å².